The van der Waals surface area contributed by atoms with E-state index in [2.05, 4.69) is 0 Å². The van der Waals surface area contributed by atoms with Gasteiger partial charge < -0.3 is 5.11 Å². The summed E-state index contributed by atoms with van der Waals surface area (Å²) in [7, 11) is -2.21. The molecular formula is C3H10N2O3S. The highest BCUT2D eigenvalue weighted by molar-refractivity contribution is 7.87. The number of rotatable bonds is 3. The van der Waals surface area contributed by atoms with Crippen LogP contribution in [0.25, 0.3) is 0 Å². The number of nitrogens with one attached hydrogen (secondary N) is 2. The molecule has 0 aromatic carbocycles. The largest absolute Gasteiger partial charge is 0.378 e. The molecule has 3 N–H and O–H groups in total. The second-order valence-corrected chi connectivity index (χ2v) is 3.15. The lowest BCUT2D eigenvalue weighted by molar-refractivity contribution is 0.183. The molecule has 0 aliphatic heterocycles. The molecule has 9 heavy (non-hydrogen) atoms. The molecule has 56 valence electrons. The fourth-order valence-electron chi connectivity index (χ4n) is 0.283. The zero-order valence-electron chi connectivity index (χ0n) is 5.25. The quantitative estimate of drug-likeness (QED) is 0.427. The SMILES string of the molecule is CNS(=O)(=O)NC(C)O. The van der Waals surface area contributed by atoms with Crippen molar-refractivity contribution in [3.8, 4) is 0 Å². The summed E-state index contributed by atoms with van der Waals surface area (Å²) in [5, 5.41) is 8.49. The minimum absolute atomic E-state index is 1.05. The van der Waals surface area contributed by atoms with Crippen LogP contribution in [-0.2, 0) is 10.2 Å². The van der Waals surface area contributed by atoms with Gasteiger partial charge in [-0.1, -0.05) is 0 Å². The lowest BCUT2D eigenvalue weighted by Crippen LogP contribution is -2.39. The van der Waals surface area contributed by atoms with Gasteiger partial charge in [0.1, 0.15) is 6.23 Å². The topological polar surface area (TPSA) is 78.4 Å². The van der Waals surface area contributed by atoms with Crippen molar-refractivity contribution in [3.63, 3.8) is 0 Å². The maximum Gasteiger partial charge on any atom is 0.278 e. The molecule has 0 spiro atoms. The van der Waals surface area contributed by atoms with E-state index >= 15 is 0 Å². The standard InChI is InChI=1S/C3H10N2O3S/c1-3(6)5-9(7,8)4-2/h3-6H,1-2H3. The zero-order valence-corrected chi connectivity index (χ0v) is 6.07. The van der Waals surface area contributed by atoms with Gasteiger partial charge in [0, 0.05) is 7.05 Å². The Morgan fingerprint density at radius 1 is 1.56 bits per heavy atom. The highest BCUT2D eigenvalue weighted by Gasteiger charge is 2.06. The van der Waals surface area contributed by atoms with Crippen LogP contribution in [0, 0.1) is 0 Å². The van der Waals surface area contributed by atoms with Crippen molar-refractivity contribution in [1.29, 1.82) is 0 Å². The van der Waals surface area contributed by atoms with E-state index < -0.39 is 16.4 Å². The first-order valence-electron chi connectivity index (χ1n) is 2.37. The summed E-state index contributed by atoms with van der Waals surface area (Å²) in [6, 6.07) is 0. The lowest BCUT2D eigenvalue weighted by Gasteiger charge is -2.05. The molecule has 0 amide bonds. The number of aliphatic hydroxyl groups excluding tert-OH is 1. The smallest absolute Gasteiger partial charge is 0.278 e. The molecule has 0 aromatic heterocycles. The molecule has 0 rings (SSSR count). The van der Waals surface area contributed by atoms with Crippen LogP contribution in [-0.4, -0.2) is 26.8 Å². The zero-order chi connectivity index (χ0) is 7.49. The van der Waals surface area contributed by atoms with Crippen LogP contribution in [0.3, 0.4) is 0 Å². The predicted octanol–water partition coefficient (Wildman–Crippen LogP) is -1.62. The molecule has 6 heteroatoms. The van der Waals surface area contributed by atoms with Gasteiger partial charge >= 0.3 is 0 Å². The molecule has 0 aromatic rings. The van der Waals surface area contributed by atoms with E-state index in [1.54, 1.807) is 0 Å². The average molecular weight is 154 g/mol. The second-order valence-electron chi connectivity index (χ2n) is 1.50. The van der Waals surface area contributed by atoms with E-state index in [0.29, 0.717) is 0 Å². The Labute approximate surface area is 54.3 Å². The van der Waals surface area contributed by atoms with Crippen molar-refractivity contribution < 1.29 is 13.5 Å². The summed E-state index contributed by atoms with van der Waals surface area (Å²) in [4.78, 5) is 0. The van der Waals surface area contributed by atoms with Gasteiger partial charge in [0.05, 0.1) is 0 Å². The third kappa shape index (κ3) is 4.34. The third-order valence-corrected chi connectivity index (χ3v) is 1.78. The van der Waals surface area contributed by atoms with Crippen LogP contribution in [0.2, 0.25) is 0 Å². The van der Waals surface area contributed by atoms with Gasteiger partial charge in [0.25, 0.3) is 10.2 Å². The lowest BCUT2D eigenvalue weighted by atomic mass is 10.7. The summed E-state index contributed by atoms with van der Waals surface area (Å²) >= 11 is 0. The Morgan fingerprint density at radius 2 is 2.00 bits per heavy atom. The Balaban J connectivity index is 3.90. The summed E-state index contributed by atoms with van der Waals surface area (Å²) in [6.45, 7) is 1.31. The van der Waals surface area contributed by atoms with Gasteiger partial charge in [-0.3, -0.25) is 0 Å². The minimum Gasteiger partial charge on any atom is -0.378 e. The van der Waals surface area contributed by atoms with E-state index in [0.717, 1.165) is 0 Å². The maximum atomic E-state index is 10.4. The Hall–Kier alpha value is -0.170. The molecule has 1 unspecified atom stereocenters. The fourth-order valence-corrected chi connectivity index (χ4v) is 0.850. The van der Waals surface area contributed by atoms with Crippen molar-refractivity contribution in [1.82, 2.24) is 9.44 Å². The van der Waals surface area contributed by atoms with Crippen molar-refractivity contribution in [2.75, 3.05) is 7.05 Å². The molecule has 0 saturated carbocycles. The van der Waals surface area contributed by atoms with Crippen LogP contribution < -0.4 is 9.44 Å². The van der Waals surface area contributed by atoms with Crippen LogP contribution in [0.4, 0.5) is 0 Å². The van der Waals surface area contributed by atoms with E-state index in [9.17, 15) is 8.42 Å². The van der Waals surface area contributed by atoms with Crippen LogP contribution in [0.15, 0.2) is 0 Å². The van der Waals surface area contributed by atoms with Gasteiger partial charge in [-0.2, -0.15) is 13.1 Å². The van der Waals surface area contributed by atoms with Crippen molar-refractivity contribution in [2.24, 2.45) is 0 Å². The monoisotopic (exact) mass is 154 g/mol. The van der Waals surface area contributed by atoms with E-state index in [4.69, 9.17) is 5.11 Å². The third-order valence-electron chi connectivity index (χ3n) is 0.594. The molecule has 0 heterocycles. The normalized spacial score (nSPS) is 15.4. The Morgan fingerprint density at radius 3 is 2.11 bits per heavy atom. The second kappa shape index (κ2) is 3.11. The van der Waals surface area contributed by atoms with Gasteiger partial charge in [-0.05, 0) is 6.92 Å². The molecular weight excluding hydrogens is 144 g/mol. The minimum atomic E-state index is -3.47. The first-order valence-corrected chi connectivity index (χ1v) is 3.85. The summed E-state index contributed by atoms with van der Waals surface area (Å²) < 4.78 is 24.7. The highest BCUT2D eigenvalue weighted by atomic mass is 32.2. The van der Waals surface area contributed by atoms with Crippen molar-refractivity contribution in [3.05, 3.63) is 0 Å². The molecule has 0 aliphatic rings. The summed E-state index contributed by atoms with van der Waals surface area (Å²) in [5.74, 6) is 0. The van der Waals surface area contributed by atoms with Crippen LogP contribution >= 0.6 is 0 Å². The van der Waals surface area contributed by atoms with Crippen LogP contribution in [0.1, 0.15) is 6.92 Å². The van der Waals surface area contributed by atoms with Gasteiger partial charge in [0.2, 0.25) is 0 Å². The average Bonchev–Trinajstić information content (AvgIpc) is 1.63. The molecule has 0 radical (unpaired) electrons. The molecule has 0 fully saturated rings. The van der Waals surface area contributed by atoms with Gasteiger partial charge in [-0.25, -0.2) is 4.72 Å². The van der Waals surface area contributed by atoms with Gasteiger partial charge in [0.15, 0.2) is 0 Å². The first-order chi connectivity index (χ1) is 3.98. The molecule has 1 atom stereocenters. The molecule has 0 aliphatic carbocycles. The van der Waals surface area contributed by atoms with Crippen molar-refractivity contribution >= 4 is 10.2 Å². The highest BCUT2D eigenvalue weighted by Crippen LogP contribution is 1.76. The first kappa shape index (κ1) is 8.83. The van der Waals surface area contributed by atoms with Crippen LogP contribution in [0.5, 0.6) is 0 Å². The van der Waals surface area contributed by atoms with Gasteiger partial charge in [-0.15, -0.1) is 0 Å². The van der Waals surface area contributed by atoms with E-state index in [-0.39, 0.29) is 0 Å². The molecule has 0 saturated heterocycles. The molecule has 5 nitrogen and oxygen atoms in total. The fraction of sp³-hybridized carbons (Fsp3) is 1.00. The number of hydrogen-bond acceptors (Lipinski definition) is 3. The van der Waals surface area contributed by atoms with E-state index in [1.165, 1.54) is 14.0 Å². The van der Waals surface area contributed by atoms with Crippen molar-refractivity contribution in [2.45, 2.75) is 13.2 Å². The number of hydrogen-bond donors (Lipinski definition) is 3. The van der Waals surface area contributed by atoms with E-state index in [1.807, 2.05) is 9.44 Å². The Bertz CT molecular complexity index is 162. The Kier molecular flexibility index (Phi) is 3.06. The predicted molar refractivity (Wildman–Crippen MR) is 32.8 cm³/mol. The maximum absolute atomic E-state index is 10.4. The number of aliphatic hydroxyl groups is 1. The summed E-state index contributed by atoms with van der Waals surface area (Å²) in [5.41, 5.74) is 0. The summed E-state index contributed by atoms with van der Waals surface area (Å²) in [6.07, 6.45) is -1.05. The molecule has 0 bridgehead atoms.